The predicted molar refractivity (Wildman–Crippen MR) is 104 cm³/mol. The lowest BCUT2D eigenvalue weighted by Gasteiger charge is -2.34. The summed E-state index contributed by atoms with van der Waals surface area (Å²) in [4.78, 5) is 12.3. The number of nitrogens with zero attached hydrogens (tertiary/aromatic N) is 1. The number of carbonyl (C=O) groups is 1. The summed E-state index contributed by atoms with van der Waals surface area (Å²) in [5.41, 5.74) is 0.253. The minimum absolute atomic E-state index is 0.0626. The molecular formula is C18H27ClN2O5S. The van der Waals surface area contributed by atoms with Crippen molar-refractivity contribution in [1.29, 1.82) is 0 Å². The van der Waals surface area contributed by atoms with Crippen LogP contribution in [0.5, 0.6) is 0 Å². The van der Waals surface area contributed by atoms with Crippen LogP contribution in [0.25, 0.3) is 0 Å². The zero-order valence-electron chi connectivity index (χ0n) is 15.9. The van der Waals surface area contributed by atoms with E-state index in [4.69, 9.17) is 21.1 Å². The van der Waals surface area contributed by atoms with E-state index >= 15 is 0 Å². The van der Waals surface area contributed by atoms with Gasteiger partial charge in [0, 0.05) is 38.4 Å². The zero-order chi connectivity index (χ0) is 20.0. The van der Waals surface area contributed by atoms with E-state index in [2.05, 4.69) is 5.32 Å². The fraction of sp³-hybridized carbons (Fsp3) is 0.611. The van der Waals surface area contributed by atoms with Crippen molar-refractivity contribution < 1.29 is 22.7 Å². The quantitative estimate of drug-likeness (QED) is 0.655. The smallest absolute Gasteiger partial charge is 0.251 e. The first-order valence-electron chi connectivity index (χ1n) is 9.06. The molecule has 1 fully saturated rings. The fourth-order valence-electron chi connectivity index (χ4n) is 2.93. The summed E-state index contributed by atoms with van der Waals surface area (Å²) >= 11 is 6.15. The number of benzene rings is 1. The summed E-state index contributed by atoms with van der Waals surface area (Å²) in [6, 6.07) is 4.29. The van der Waals surface area contributed by atoms with Crippen LogP contribution in [0.1, 0.15) is 37.6 Å². The molecule has 0 saturated carbocycles. The molecule has 0 aromatic heterocycles. The molecular weight excluding hydrogens is 392 g/mol. The minimum Gasteiger partial charge on any atom is -0.382 e. The molecule has 2 unspecified atom stereocenters. The van der Waals surface area contributed by atoms with E-state index in [1.54, 1.807) is 0 Å². The van der Waals surface area contributed by atoms with E-state index in [1.165, 1.54) is 22.5 Å². The second-order valence-electron chi connectivity index (χ2n) is 6.53. The van der Waals surface area contributed by atoms with Gasteiger partial charge in [-0.25, -0.2) is 8.42 Å². The number of morpholine rings is 1. The van der Waals surface area contributed by atoms with Gasteiger partial charge < -0.3 is 14.8 Å². The average molecular weight is 419 g/mol. The molecule has 1 saturated heterocycles. The lowest BCUT2D eigenvalue weighted by molar-refractivity contribution is -0.0440. The van der Waals surface area contributed by atoms with Crippen LogP contribution in [0.3, 0.4) is 0 Å². The van der Waals surface area contributed by atoms with Gasteiger partial charge in [0.2, 0.25) is 10.0 Å². The van der Waals surface area contributed by atoms with Gasteiger partial charge in [0.05, 0.1) is 17.2 Å². The highest BCUT2D eigenvalue weighted by Crippen LogP contribution is 2.28. The molecule has 2 rings (SSSR count). The molecule has 1 aromatic rings. The predicted octanol–water partition coefficient (Wildman–Crippen LogP) is 2.29. The lowest BCUT2D eigenvalue weighted by atomic mass is 10.2. The Hall–Kier alpha value is -1.19. The summed E-state index contributed by atoms with van der Waals surface area (Å²) in [6.07, 6.45) is 0.264. The first-order valence-corrected chi connectivity index (χ1v) is 10.9. The van der Waals surface area contributed by atoms with E-state index in [1.807, 2.05) is 20.8 Å². The SMILES string of the molecule is CCOCCCNC(=O)c1ccc(Cl)c(S(=O)(=O)N2CC(C)OC(C)C2)c1. The Bertz CT molecular complexity index is 746. The van der Waals surface area contributed by atoms with Crippen molar-refractivity contribution >= 4 is 27.5 Å². The van der Waals surface area contributed by atoms with E-state index < -0.39 is 10.0 Å². The van der Waals surface area contributed by atoms with E-state index in [9.17, 15) is 13.2 Å². The largest absolute Gasteiger partial charge is 0.382 e. The molecule has 1 N–H and O–H groups in total. The molecule has 1 aliphatic rings. The summed E-state index contributed by atoms with van der Waals surface area (Å²) < 4.78 is 38.3. The highest BCUT2D eigenvalue weighted by Gasteiger charge is 2.33. The highest BCUT2D eigenvalue weighted by atomic mass is 35.5. The van der Waals surface area contributed by atoms with Crippen molar-refractivity contribution in [2.45, 2.75) is 44.3 Å². The van der Waals surface area contributed by atoms with Gasteiger partial charge in [-0.2, -0.15) is 4.31 Å². The third-order valence-electron chi connectivity index (χ3n) is 4.15. The van der Waals surface area contributed by atoms with E-state index in [0.717, 1.165) is 0 Å². The molecule has 27 heavy (non-hydrogen) atoms. The first-order chi connectivity index (χ1) is 12.8. The van der Waals surface area contributed by atoms with Gasteiger partial charge in [0.25, 0.3) is 5.91 Å². The van der Waals surface area contributed by atoms with E-state index in [0.29, 0.717) is 26.2 Å². The van der Waals surface area contributed by atoms with Gasteiger partial charge in [0.15, 0.2) is 0 Å². The molecule has 9 heteroatoms. The maximum atomic E-state index is 13.0. The van der Waals surface area contributed by atoms with Crippen LogP contribution in [-0.2, 0) is 19.5 Å². The van der Waals surface area contributed by atoms with E-state index in [-0.39, 0.29) is 46.7 Å². The van der Waals surface area contributed by atoms with Crippen molar-refractivity contribution in [3.05, 3.63) is 28.8 Å². The van der Waals surface area contributed by atoms with Crippen LogP contribution in [-0.4, -0.2) is 63.7 Å². The Balaban J connectivity index is 2.15. The van der Waals surface area contributed by atoms with Crippen molar-refractivity contribution in [3.8, 4) is 0 Å². The highest BCUT2D eigenvalue weighted by molar-refractivity contribution is 7.89. The van der Waals surface area contributed by atoms with Gasteiger partial charge in [-0.05, 0) is 45.4 Å². The van der Waals surface area contributed by atoms with Crippen LogP contribution in [0.2, 0.25) is 5.02 Å². The van der Waals surface area contributed by atoms with Gasteiger partial charge >= 0.3 is 0 Å². The first kappa shape index (κ1) is 22.1. The number of sulfonamides is 1. The van der Waals surface area contributed by atoms with Crippen molar-refractivity contribution in [1.82, 2.24) is 9.62 Å². The lowest BCUT2D eigenvalue weighted by Crippen LogP contribution is -2.48. The maximum Gasteiger partial charge on any atom is 0.251 e. The molecule has 1 heterocycles. The number of rotatable bonds is 8. The normalized spacial score (nSPS) is 21.2. The third-order valence-corrected chi connectivity index (χ3v) is 6.47. The maximum absolute atomic E-state index is 13.0. The summed E-state index contributed by atoms with van der Waals surface area (Å²) in [5, 5.41) is 2.85. The summed E-state index contributed by atoms with van der Waals surface area (Å²) in [5.74, 6) is -0.344. The molecule has 0 bridgehead atoms. The van der Waals surface area contributed by atoms with Crippen LogP contribution in [0.15, 0.2) is 23.1 Å². The molecule has 1 aliphatic heterocycles. The van der Waals surface area contributed by atoms with Gasteiger partial charge in [-0.3, -0.25) is 4.79 Å². The van der Waals surface area contributed by atoms with Crippen molar-refractivity contribution in [2.75, 3.05) is 32.8 Å². The Morgan fingerprint density at radius 3 is 2.63 bits per heavy atom. The fourth-order valence-corrected chi connectivity index (χ4v) is 5.02. The molecule has 152 valence electrons. The number of hydrogen-bond donors (Lipinski definition) is 1. The number of ether oxygens (including phenoxy) is 2. The second kappa shape index (κ2) is 9.84. The zero-order valence-corrected chi connectivity index (χ0v) is 17.5. The number of carbonyl (C=O) groups excluding carboxylic acids is 1. The average Bonchev–Trinajstić information content (AvgIpc) is 2.60. The van der Waals surface area contributed by atoms with Crippen LogP contribution in [0, 0.1) is 0 Å². The number of nitrogens with one attached hydrogen (secondary N) is 1. The minimum atomic E-state index is -3.83. The number of amides is 1. The third kappa shape index (κ3) is 5.89. The standard InChI is InChI=1S/C18H27ClN2O5S/c1-4-25-9-5-8-20-18(22)15-6-7-16(19)17(10-15)27(23,24)21-11-13(2)26-14(3)12-21/h6-7,10,13-14H,4-5,8-9,11-12H2,1-3H3,(H,20,22). The Morgan fingerprint density at radius 2 is 2.00 bits per heavy atom. The second-order valence-corrected chi connectivity index (χ2v) is 8.84. The van der Waals surface area contributed by atoms with Gasteiger partial charge in [0.1, 0.15) is 4.90 Å². The Labute approximate surface area is 166 Å². The molecule has 1 aromatic carbocycles. The Kier molecular flexibility index (Phi) is 8.05. The van der Waals surface area contributed by atoms with Crippen molar-refractivity contribution in [2.24, 2.45) is 0 Å². The monoisotopic (exact) mass is 418 g/mol. The number of halogens is 1. The molecule has 0 spiro atoms. The Morgan fingerprint density at radius 1 is 1.33 bits per heavy atom. The van der Waals surface area contributed by atoms with Crippen LogP contribution in [0.4, 0.5) is 0 Å². The topological polar surface area (TPSA) is 84.9 Å². The van der Waals surface area contributed by atoms with Crippen LogP contribution < -0.4 is 5.32 Å². The van der Waals surface area contributed by atoms with Gasteiger partial charge in [-0.15, -0.1) is 0 Å². The molecule has 0 aliphatic carbocycles. The van der Waals surface area contributed by atoms with Gasteiger partial charge in [-0.1, -0.05) is 11.6 Å². The summed E-state index contributed by atoms with van der Waals surface area (Å²) in [6.45, 7) is 7.69. The molecule has 0 radical (unpaired) electrons. The number of hydrogen-bond acceptors (Lipinski definition) is 5. The molecule has 7 nitrogen and oxygen atoms in total. The molecule has 2 atom stereocenters. The summed E-state index contributed by atoms with van der Waals surface area (Å²) in [7, 11) is -3.83. The molecule has 1 amide bonds. The van der Waals surface area contributed by atoms with Crippen molar-refractivity contribution in [3.63, 3.8) is 0 Å². The van der Waals surface area contributed by atoms with Crippen LogP contribution >= 0.6 is 11.6 Å².